The number of allylic oxidation sites excluding steroid dienone is 4. The van der Waals surface area contributed by atoms with Gasteiger partial charge in [0.15, 0.2) is 0 Å². The molecule has 0 spiro atoms. The summed E-state index contributed by atoms with van der Waals surface area (Å²) >= 11 is 0. The largest absolute Gasteiger partial charge is 0.379 e. The van der Waals surface area contributed by atoms with Crippen molar-refractivity contribution in [2.24, 2.45) is 0 Å². The predicted molar refractivity (Wildman–Crippen MR) is 128 cm³/mol. The minimum atomic E-state index is 0.188. The highest BCUT2D eigenvalue weighted by atomic mass is 16.5. The smallest absolute Gasteiger partial charge is 0.130 e. The Morgan fingerprint density at radius 2 is 1.14 bits per heavy atom. The summed E-state index contributed by atoms with van der Waals surface area (Å²) in [5.41, 5.74) is 0. The molecular formula is C26H52NO2+. The first kappa shape index (κ1) is 28.4. The van der Waals surface area contributed by atoms with E-state index in [0.29, 0.717) is 6.61 Å². The third-order valence-corrected chi connectivity index (χ3v) is 4.87. The predicted octanol–water partition coefficient (Wildman–Crippen LogP) is 6.93. The maximum absolute atomic E-state index is 6.16. The lowest BCUT2D eigenvalue weighted by Crippen LogP contribution is -2.44. The number of likely N-dealkylation sites (N-methyl/N-ethyl adjacent to an activating group) is 1. The zero-order valence-corrected chi connectivity index (χ0v) is 20.5. The molecule has 0 heterocycles. The van der Waals surface area contributed by atoms with Gasteiger partial charge in [-0.2, -0.15) is 0 Å². The summed E-state index contributed by atoms with van der Waals surface area (Å²) < 4.78 is 13.0. The summed E-state index contributed by atoms with van der Waals surface area (Å²) in [4.78, 5) is 0. The Hall–Kier alpha value is -0.640. The Bertz CT molecular complexity index is 385. The van der Waals surface area contributed by atoms with Crippen molar-refractivity contribution in [3.8, 4) is 0 Å². The van der Waals surface area contributed by atoms with Crippen LogP contribution in [0.2, 0.25) is 0 Å². The molecule has 0 aromatic carbocycles. The van der Waals surface area contributed by atoms with Crippen molar-refractivity contribution >= 4 is 0 Å². The van der Waals surface area contributed by atoms with E-state index in [-0.39, 0.29) is 6.10 Å². The van der Waals surface area contributed by atoms with Crippen LogP contribution in [-0.2, 0) is 9.47 Å². The molecule has 172 valence electrons. The van der Waals surface area contributed by atoms with Gasteiger partial charge in [-0.3, -0.25) is 0 Å². The van der Waals surface area contributed by atoms with Crippen LogP contribution in [0.15, 0.2) is 24.3 Å². The topological polar surface area (TPSA) is 18.5 Å². The number of hydrogen-bond acceptors (Lipinski definition) is 2. The maximum atomic E-state index is 6.16. The minimum Gasteiger partial charge on any atom is -0.379 e. The number of quaternary nitrogens is 1. The average Bonchev–Trinajstić information content (AvgIpc) is 2.66. The molecule has 0 aromatic rings. The highest BCUT2D eigenvalue weighted by Crippen LogP contribution is 2.06. The monoisotopic (exact) mass is 410 g/mol. The molecule has 0 rings (SSSR count). The fraction of sp³-hybridized carbons (Fsp3) is 0.846. The molecular weight excluding hydrogens is 358 g/mol. The van der Waals surface area contributed by atoms with Crippen molar-refractivity contribution < 1.29 is 14.0 Å². The Morgan fingerprint density at radius 3 is 1.62 bits per heavy atom. The van der Waals surface area contributed by atoms with Crippen molar-refractivity contribution in [1.82, 2.24) is 0 Å². The van der Waals surface area contributed by atoms with Crippen LogP contribution in [0.4, 0.5) is 0 Å². The SMILES string of the molecule is CCCCC/C=C\CCCOCC(C[N+](C)(C)C)OCCC/C=C\CCCCC. The van der Waals surface area contributed by atoms with Gasteiger partial charge in [-0.15, -0.1) is 0 Å². The molecule has 0 bridgehead atoms. The zero-order chi connectivity index (χ0) is 21.6. The second kappa shape index (κ2) is 20.6. The van der Waals surface area contributed by atoms with E-state index in [1.807, 2.05) is 0 Å². The Morgan fingerprint density at radius 1 is 0.655 bits per heavy atom. The molecule has 0 saturated carbocycles. The normalized spacial score (nSPS) is 13.7. The van der Waals surface area contributed by atoms with E-state index in [0.717, 1.165) is 49.9 Å². The lowest BCUT2D eigenvalue weighted by atomic mass is 10.2. The number of ether oxygens (including phenoxy) is 2. The Kier molecular flexibility index (Phi) is 20.2. The summed E-state index contributed by atoms with van der Waals surface area (Å²) in [7, 11) is 6.66. The Balaban J connectivity index is 3.85. The van der Waals surface area contributed by atoms with Crippen molar-refractivity contribution in [3.63, 3.8) is 0 Å². The lowest BCUT2D eigenvalue weighted by molar-refractivity contribution is -0.873. The highest BCUT2D eigenvalue weighted by Gasteiger charge is 2.18. The van der Waals surface area contributed by atoms with Crippen LogP contribution in [0, 0.1) is 0 Å². The van der Waals surface area contributed by atoms with Gasteiger partial charge in [0.1, 0.15) is 12.6 Å². The zero-order valence-electron chi connectivity index (χ0n) is 20.5. The van der Waals surface area contributed by atoms with Crippen molar-refractivity contribution in [1.29, 1.82) is 0 Å². The molecule has 29 heavy (non-hydrogen) atoms. The second-order valence-corrected chi connectivity index (χ2v) is 9.26. The van der Waals surface area contributed by atoms with E-state index >= 15 is 0 Å². The van der Waals surface area contributed by atoms with Gasteiger partial charge in [0, 0.05) is 13.2 Å². The first-order valence-corrected chi connectivity index (χ1v) is 12.3. The lowest BCUT2D eigenvalue weighted by Gasteiger charge is -2.29. The number of hydrogen-bond donors (Lipinski definition) is 0. The van der Waals surface area contributed by atoms with Gasteiger partial charge >= 0.3 is 0 Å². The van der Waals surface area contributed by atoms with Gasteiger partial charge in [-0.25, -0.2) is 0 Å². The molecule has 1 atom stereocenters. The summed E-state index contributed by atoms with van der Waals surface area (Å²) in [6.45, 7) is 7.87. The quantitative estimate of drug-likeness (QED) is 0.116. The molecule has 3 nitrogen and oxygen atoms in total. The molecule has 1 unspecified atom stereocenters. The Labute approximate surface area is 183 Å². The molecule has 0 saturated heterocycles. The summed E-state index contributed by atoms with van der Waals surface area (Å²) in [6, 6.07) is 0. The molecule has 0 aliphatic rings. The molecule has 0 amide bonds. The van der Waals surface area contributed by atoms with Gasteiger partial charge in [-0.05, 0) is 51.4 Å². The second-order valence-electron chi connectivity index (χ2n) is 9.26. The van der Waals surface area contributed by atoms with Gasteiger partial charge in [0.05, 0.1) is 27.7 Å². The van der Waals surface area contributed by atoms with Crippen LogP contribution in [0.25, 0.3) is 0 Å². The first-order valence-electron chi connectivity index (χ1n) is 12.3. The summed E-state index contributed by atoms with van der Waals surface area (Å²) in [5.74, 6) is 0. The molecule has 3 heteroatoms. The van der Waals surface area contributed by atoms with Gasteiger partial charge in [0.2, 0.25) is 0 Å². The van der Waals surface area contributed by atoms with Crippen LogP contribution in [0.5, 0.6) is 0 Å². The highest BCUT2D eigenvalue weighted by molar-refractivity contribution is 4.82. The maximum Gasteiger partial charge on any atom is 0.130 e. The average molecular weight is 411 g/mol. The molecule has 0 N–H and O–H groups in total. The van der Waals surface area contributed by atoms with E-state index in [2.05, 4.69) is 59.3 Å². The third kappa shape index (κ3) is 23.5. The fourth-order valence-corrected chi connectivity index (χ4v) is 3.23. The van der Waals surface area contributed by atoms with E-state index < -0.39 is 0 Å². The van der Waals surface area contributed by atoms with Crippen LogP contribution in [0.1, 0.15) is 90.9 Å². The van der Waals surface area contributed by atoms with E-state index in [9.17, 15) is 0 Å². The van der Waals surface area contributed by atoms with Crippen molar-refractivity contribution in [2.45, 2.75) is 97.0 Å². The molecule has 0 aliphatic carbocycles. The van der Waals surface area contributed by atoms with Crippen LogP contribution in [-0.4, -0.2) is 58.1 Å². The van der Waals surface area contributed by atoms with Crippen molar-refractivity contribution in [2.75, 3.05) is 47.5 Å². The molecule has 0 fully saturated rings. The van der Waals surface area contributed by atoms with Gasteiger partial charge < -0.3 is 14.0 Å². The van der Waals surface area contributed by atoms with Gasteiger partial charge in [0.25, 0.3) is 0 Å². The van der Waals surface area contributed by atoms with Crippen LogP contribution < -0.4 is 0 Å². The van der Waals surface area contributed by atoms with E-state index in [1.165, 1.54) is 51.4 Å². The van der Waals surface area contributed by atoms with Gasteiger partial charge in [-0.1, -0.05) is 63.8 Å². The summed E-state index contributed by atoms with van der Waals surface area (Å²) in [6.07, 6.45) is 24.3. The van der Waals surface area contributed by atoms with E-state index in [1.54, 1.807) is 0 Å². The molecule has 0 aliphatic heterocycles. The first-order chi connectivity index (χ1) is 14.0. The summed E-state index contributed by atoms with van der Waals surface area (Å²) in [5, 5.41) is 0. The fourth-order valence-electron chi connectivity index (χ4n) is 3.23. The van der Waals surface area contributed by atoms with Crippen LogP contribution >= 0.6 is 0 Å². The number of unbranched alkanes of at least 4 members (excludes halogenated alkanes) is 8. The minimum absolute atomic E-state index is 0.188. The molecule has 0 aromatic heterocycles. The molecule has 0 radical (unpaired) electrons. The number of nitrogens with zero attached hydrogens (tertiary/aromatic N) is 1. The third-order valence-electron chi connectivity index (χ3n) is 4.87. The van der Waals surface area contributed by atoms with E-state index in [4.69, 9.17) is 9.47 Å². The standard InChI is InChI=1S/C26H52NO2/c1-6-8-10-12-14-16-18-20-22-28-25-26(24-27(3,4)5)29-23-21-19-17-15-13-11-9-7-2/h14-17,26H,6-13,18-25H2,1-5H3/q+1/b16-14-,17-15-. The number of rotatable bonds is 21. The van der Waals surface area contributed by atoms with Crippen molar-refractivity contribution in [3.05, 3.63) is 24.3 Å². The van der Waals surface area contributed by atoms with Crippen LogP contribution in [0.3, 0.4) is 0 Å².